The number of hydrogen-bond donors (Lipinski definition) is 1. The molecule has 2 unspecified atom stereocenters. The van der Waals surface area contributed by atoms with Crippen LogP contribution in [0.5, 0.6) is 5.88 Å². The van der Waals surface area contributed by atoms with Crippen molar-refractivity contribution in [1.29, 1.82) is 0 Å². The van der Waals surface area contributed by atoms with Crippen LogP contribution in [0.3, 0.4) is 0 Å². The highest BCUT2D eigenvalue weighted by Crippen LogP contribution is 2.18. The molecule has 0 radical (unpaired) electrons. The highest BCUT2D eigenvalue weighted by molar-refractivity contribution is 5.23. The number of aromatic nitrogens is 1. The second kappa shape index (κ2) is 10.6. The quantitative estimate of drug-likeness (QED) is 0.590. The standard InChI is InChI=1S/C18H32N2O/c1-5-7-8-9-10-15(3)21-18-14-17(11-13-20-18)16(4)19-12-6-2/h11,13-16,19H,5-10,12H2,1-4H3. The first-order chi connectivity index (χ1) is 10.2. The Bertz CT molecular complexity index is 381. The fourth-order valence-corrected chi connectivity index (χ4v) is 2.36. The lowest BCUT2D eigenvalue weighted by molar-refractivity contribution is 0.198. The summed E-state index contributed by atoms with van der Waals surface area (Å²) in [6.07, 6.45) is 9.48. The Balaban J connectivity index is 2.44. The van der Waals surface area contributed by atoms with Gasteiger partial charge in [-0.3, -0.25) is 0 Å². The van der Waals surface area contributed by atoms with Gasteiger partial charge in [0, 0.05) is 18.3 Å². The number of ether oxygens (including phenoxy) is 1. The van der Waals surface area contributed by atoms with E-state index in [-0.39, 0.29) is 6.10 Å². The molecule has 1 rings (SSSR count). The van der Waals surface area contributed by atoms with Gasteiger partial charge in [0.15, 0.2) is 0 Å². The number of pyridine rings is 1. The number of rotatable bonds is 11. The minimum absolute atomic E-state index is 0.239. The Morgan fingerprint density at radius 3 is 2.67 bits per heavy atom. The summed E-state index contributed by atoms with van der Waals surface area (Å²) >= 11 is 0. The largest absolute Gasteiger partial charge is 0.475 e. The maximum absolute atomic E-state index is 5.95. The summed E-state index contributed by atoms with van der Waals surface area (Å²) < 4.78 is 5.95. The van der Waals surface area contributed by atoms with Crippen LogP contribution in [0.15, 0.2) is 18.3 Å². The van der Waals surface area contributed by atoms with E-state index in [1.807, 2.05) is 6.20 Å². The third kappa shape index (κ3) is 7.47. The third-order valence-corrected chi connectivity index (χ3v) is 3.75. The van der Waals surface area contributed by atoms with E-state index in [2.05, 4.69) is 50.1 Å². The van der Waals surface area contributed by atoms with E-state index < -0.39 is 0 Å². The van der Waals surface area contributed by atoms with E-state index in [9.17, 15) is 0 Å². The molecule has 0 aliphatic rings. The highest BCUT2D eigenvalue weighted by Gasteiger charge is 2.09. The minimum atomic E-state index is 0.239. The van der Waals surface area contributed by atoms with E-state index >= 15 is 0 Å². The predicted molar refractivity (Wildman–Crippen MR) is 89.8 cm³/mol. The zero-order valence-corrected chi connectivity index (χ0v) is 14.2. The zero-order valence-electron chi connectivity index (χ0n) is 14.2. The molecule has 1 N–H and O–H groups in total. The van der Waals surface area contributed by atoms with Gasteiger partial charge in [0.2, 0.25) is 5.88 Å². The van der Waals surface area contributed by atoms with Crippen molar-refractivity contribution in [3.05, 3.63) is 23.9 Å². The van der Waals surface area contributed by atoms with E-state index in [0.717, 1.165) is 25.3 Å². The predicted octanol–water partition coefficient (Wildman–Crippen LogP) is 4.88. The van der Waals surface area contributed by atoms with Crippen LogP contribution in [-0.2, 0) is 0 Å². The molecule has 0 bridgehead atoms. The normalized spacial score (nSPS) is 13.9. The molecule has 0 fully saturated rings. The van der Waals surface area contributed by atoms with Crippen LogP contribution in [0.25, 0.3) is 0 Å². The molecule has 0 saturated carbocycles. The van der Waals surface area contributed by atoms with Crippen molar-refractivity contribution in [2.45, 2.75) is 78.4 Å². The Morgan fingerprint density at radius 2 is 1.95 bits per heavy atom. The van der Waals surface area contributed by atoms with Crippen molar-refractivity contribution < 1.29 is 4.74 Å². The molecule has 3 nitrogen and oxygen atoms in total. The Hall–Kier alpha value is -1.09. The number of unbranched alkanes of at least 4 members (excludes halogenated alkanes) is 3. The monoisotopic (exact) mass is 292 g/mol. The Labute approximate surface area is 130 Å². The molecule has 0 aliphatic heterocycles. The maximum atomic E-state index is 5.95. The van der Waals surface area contributed by atoms with Crippen molar-refractivity contribution in [2.75, 3.05) is 6.54 Å². The first-order valence-electron chi connectivity index (χ1n) is 8.53. The van der Waals surface area contributed by atoms with Crippen molar-refractivity contribution in [2.24, 2.45) is 0 Å². The summed E-state index contributed by atoms with van der Waals surface area (Å²) in [5.74, 6) is 0.751. The first kappa shape index (κ1) is 18.0. The van der Waals surface area contributed by atoms with E-state index in [1.54, 1.807) is 0 Å². The van der Waals surface area contributed by atoms with Crippen molar-refractivity contribution in [3.63, 3.8) is 0 Å². The topological polar surface area (TPSA) is 34.1 Å². The van der Waals surface area contributed by atoms with Crippen LogP contribution >= 0.6 is 0 Å². The van der Waals surface area contributed by atoms with Gasteiger partial charge in [0.25, 0.3) is 0 Å². The molecule has 1 aromatic rings. The molecule has 0 aromatic carbocycles. The van der Waals surface area contributed by atoms with Gasteiger partial charge in [-0.2, -0.15) is 0 Å². The second-order valence-corrected chi connectivity index (χ2v) is 5.88. The summed E-state index contributed by atoms with van der Waals surface area (Å²) in [6.45, 7) is 9.78. The summed E-state index contributed by atoms with van der Waals surface area (Å²) in [5.41, 5.74) is 1.24. The number of nitrogens with zero attached hydrogens (tertiary/aromatic N) is 1. The fraction of sp³-hybridized carbons (Fsp3) is 0.722. The van der Waals surface area contributed by atoms with Crippen LogP contribution in [-0.4, -0.2) is 17.6 Å². The minimum Gasteiger partial charge on any atom is -0.475 e. The Kier molecular flexibility index (Phi) is 9.07. The highest BCUT2D eigenvalue weighted by atomic mass is 16.5. The average molecular weight is 292 g/mol. The van der Waals surface area contributed by atoms with E-state index in [4.69, 9.17) is 4.74 Å². The van der Waals surface area contributed by atoms with Crippen molar-refractivity contribution >= 4 is 0 Å². The van der Waals surface area contributed by atoms with Crippen LogP contribution < -0.4 is 10.1 Å². The fourth-order valence-electron chi connectivity index (χ4n) is 2.36. The Morgan fingerprint density at radius 1 is 1.14 bits per heavy atom. The lowest BCUT2D eigenvalue weighted by atomic mass is 10.1. The molecule has 2 atom stereocenters. The van der Waals surface area contributed by atoms with E-state index in [1.165, 1.54) is 31.2 Å². The van der Waals surface area contributed by atoms with Gasteiger partial charge in [0.05, 0.1) is 6.10 Å². The first-order valence-corrected chi connectivity index (χ1v) is 8.53. The molecule has 120 valence electrons. The van der Waals surface area contributed by atoms with Gasteiger partial charge in [-0.1, -0.05) is 33.1 Å². The van der Waals surface area contributed by atoms with Crippen LogP contribution in [0.4, 0.5) is 0 Å². The summed E-state index contributed by atoms with van der Waals surface area (Å²) in [6, 6.07) is 4.47. The molecule has 3 heteroatoms. The summed E-state index contributed by atoms with van der Waals surface area (Å²) in [7, 11) is 0. The summed E-state index contributed by atoms with van der Waals surface area (Å²) in [5, 5.41) is 3.49. The lowest BCUT2D eigenvalue weighted by Gasteiger charge is -2.17. The molecule has 1 aromatic heterocycles. The molecule has 21 heavy (non-hydrogen) atoms. The average Bonchev–Trinajstić information content (AvgIpc) is 2.49. The molecule has 1 heterocycles. The lowest BCUT2D eigenvalue weighted by Crippen LogP contribution is -2.19. The number of nitrogens with one attached hydrogen (secondary N) is 1. The molecule has 0 amide bonds. The van der Waals surface area contributed by atoms with Crippen LogP contribution in [0.1, 0.15) is 77.8 Å². The summed E-state index contributed by atoms with van der Waals surface area (Å²) in [4.78, 5) is 4.34. The molecule has 0 spiro atoms. The van der Waals surface area contributed by atoms with E-state index in [0.29, 0.717) is 6.04 Å². The van der Waals surface area contributed by atoms with Crippen molar-refractivity contribution in [1.82, 2.24) is 10.3 Å². The zero-order chi connectivity index (χ0) is 15.5. The molecule has 0 saturated heterocycles. The van der Waals surface area contributed by atoms with Gasteiger partial charge < -0.3 is 10.1 Å². The maximum Gasteiger partial charge on any atom is 0.213 e. The molecular formula is C18H32N2O. The van der Waals surface area contributed by atoms with Crippen LogP contribution in [0.2, 0.25) is 0 Å². The van der Waals surface area contributed by atoms with Gasteiger partial charge in [0.1, 0.15) is 0 Å². The van der Waals surface area contributed by atoms with Gasteiger partial charge in [-0.25, -0.2) is 4.98 Å². The van der Waals surface area contributed by atoms with Gasteiger partial charge in [-0.15, -0.1) is 0 Å². The van der Waals surface area contributed by atoms with Crippen LogP contribution in [0, 0.1) is 0 Å². The third-order valence-electron chi connectivity index (χ3n) is 3.75. The SMILES string of the molecule is CCCCCCC(C)Oc1cc(C(C)NCCC)ccn1. The molecular weight excluding hydrogens is 260 g/mol. The van der Waals surface area contributed by atoms with Gasteiger partial charge in [-0.05, 0) is 51.3 Å². The number of hydrogen-bond acceptors (Lipinski definition) is 3. The van der Waals surface area contributed by atoms with Gasteiger partial charge >= 0.3 is 0 Å². The van der Waals surface area contributed by atoms with Crippen molar-refractivity contribution in [3.8, 4) is 5.88 Å². The smallest absolute Gasteiger partial charge is 0.213 e. The molecule has 0 aliphatic carbocycles. The second-order valence-electron chi connectivity index (χ2n) is 5.88.